The molecule has 221 valence electrons. The van der Waals surface area contributed by atoms with Crippen molar-refractivity contribution in [1.82, 2.24) is 29.6 Å². The van der Waals surface area contributed by atoms with E-state index in [1.54, 1.807) is 0 Å². The van der Waals surface area contributed by atoms with Crippen molar-refractivity contribution in [1.29, 1.82) is 0 Å². The van der Waals surface area contributed by atoms with E-state index in [-0.39, 0.29) is 51.0 Å². The van der Waals surface area contributed by atoms with Crippen molar-refractivity contribution >= 4 is 23.3 Å². The van der Waals surface area contributed by atoms with E-state index in [2.05, 4.69) is 89.7 Å². The van der Waals surface area contributed by atoms with Gasteiger partial charge in [-0.3, -0.25) is 9.97 Å². The second-order valence-electron chi connectivity index (χ2n) is 9.72. The van der Waals surface area contributed by atoms with Crippen molar-refractivity contribution < 1.29 is 51.0 Å². The van der Waals surface area contributed by atoms with Crippen LogP contribution in [0, 0.1) is 0 Å². The molecule has 2 fully saturated rings. The predicted octanol–water partition coefficient (Wildman–Crippen LogP) is -4.23. The Balaban J connectivity index is 0.000000688. The molecule has 0 aliphatic carbocycles. The van der Waals surface area contributed by atoms with E-state index < -0.39 is 0 Å². The Morgan fingerprint density at radius 3 is 1.23 bits per heavy atom. The standard InChI is InChI=1S/2C13H21N5.2BrH.Cu/c2*1-16(2)12-5-6-14-11(9-12)10-15-13-17(3)7-8-18(13)4;;;/h2*5-6,9H,7-8,10H2,1-4H3;2*1H;/q;;;;+2/p-2. The average Bonchev–Trinajstić information content (AvgIpc) is 3.36. The second-order valence-corrected chi connectivity index (χ2v) is 9.72. The molecular formula is C26H42Br2CuN10. The minimum absolute atomic E-state index is 0. The smallest absolute Gasteiger partial charge is 1.00 e. The first-order valence-electron chi connectivity index (χ1n) is 12.3. The van der Waals surface area contributed by atoms with Crippen molar-refractivity contribution in [3.05, 3.63) is 48.0 Å². The maximum absolute atomic E-state index is 4.64. The average molecular weight is 718 g/mol. The van der Waals surface area contributed by atoms with Crippen LogP contribution in [0.3, 0.4) is 0 Å². The Kier molecular flexibility index (Phi) is 16.6. The summed E-state index contributed by atoms with van der Waals surface area (Å²) in [7, 11) is 16.4. The van der Waals surface area contributed by atoms with Gasteiger partial charge in [0, 0.05) is 106 Å². The summed E-state index contributed by atoms with van der Waals surface area (Å²) >= 11 is 0. The number of rotatable bonds is 6. The topological polar surface area (TPSA) is 69.9 Å². The van der Waals surface area contributed by atoms with E-state index in [9.17, 15) is 0 Å². The number of nitrogens with zero attached hydrogens (tertiary/aromatic N) is 10. The number of halogens is 2. The van der Waals surface area contributed by atoms with Crippen molar-refractivity contribution in [3.63, 3.8) is 0 Å². The van der Waals surface area contributed by atoms with Gasteiger partial charge >= 0.3 is 17.1 Å². The summed E-state index contributed by atoms with van der Waals surface area (Å²) in [5.41, 5.74) is 4.33. The molecule has 0 atom stereocenters. The molecule has 1 radical (unpaired) electrons. The van der Waals surface area contributed by atoms with Crippen LogP contribution in [0.1, 0.15) is 11.4 Å². The maximum atomic E-state index is 4.64. The third-order valence-corrected chi connectivity index (χ3v) is 6.31. The number of aromatic nitrogens is 2. The monoisotopic (exact) mass is 715 g/mol. The third kappa shape index (κ3) is 10.8. The van der Waals surface area contributed by atoms with Crippen LogP contribution in [0.15, 0.2) is 46.6 Å². The van der Waals surface area contributed by atoms with E-state index in [0.29, 0.717) is 13.1 Å². The number of aliphatic imine (C=N–C) groups is 2. The first-order valence-corrected chi connectivity index (χ1v) is 12.3. The second kappa shape index (κ2) is 17.6. The fraction of sp³-hybridized carbons (Fsp3) is 0.538. The molecule has 0 saturated carbocycles. The molecule has 2 saturated heterocycles. The van der Waals surface area contributed by atoms with Gasteiger partial charge in [0.05, 0.1) is 24.5 Å². The zero-order valence-electron chi connectivity index (χ0n) is 24.2. The Labute approximate surface area is 266 Å². The SMILES string of the molecule is CN1CCN(C)C1=NCc1cc(N(C)C)ccn1.CN1CCN(C)C1=NCc1cc(N(C)C)ccn1.[Br-].[Br-].[Cu+2]. The molecule has 0 N–H and O–H groups in total. The Hall–Kier alpha value is -2.08. The van der Waals surface area contributed by atoms with Gasteiger partial charge in [-0.1, -0.05) is 0 Å². The number of anilines is 2. The molecule has 4 heterocycles. The summed E-state index contributed by atoms with van der Waals surface area (Å²) in [6.45, 7) is 5.43. The zero-order valence-corrected chi connectivity index (χ0v) is 28.3. The van der Waals surface area contributed by atoms with Gasteiger partial charge in [-0.25, -0.2) is 9.98 Å². The van der Waals surface area contributed by atoms with Crippen LogP contribution in [0.2, 0.25) is 0 Å². The van der Waals surface area contributed by atoms with Gasteiger partial charge in [0.2, 0.25) is 0 Å². The molecule has 2 aromatic rings. The molecule has 0 aromatic carbocycles. The van der Waals surface area contributed by atoms with Gasteiger partial charge in [-0.05, 0) is 24.3 Å². The summed E-state index contributed by atoms with van der Waals surface area (Å²) < 4.78 is 0. The molecule has 0 amide bonds. The van der Waals surface area contributed by atoms with Crippen LogP contribution in [-0.2, 0) is 30.2 Å². The molecule has 0 bridgehead atoms. The van der Waals surface area contributed by atoms with Crippen LogP contribution in [-0.4, -0.2) is 124 Å². The van der Waals surface area contributed by atoms with Crippen LogP contribution in [0.4, 0.5) is 11.4 Å². The fourth-order valence-electron chi connectivity index (χ4n) is 4.03. The van der Waals surface area contributed by atoms with Crippen molar-refractivity contribution in [2.24, 2.45) is 9.98 Å². The third-order valence-electron chi connectivity index (χ3n) is 6.31. The summed E-state index contributed by atoms with van der Waals surface area (Å²) in [5.74, 6) is 2.10. The first kappa shape index (κ1) is 36.9. The largest absolute Gasteiger partial charge is 2.00 e. The van der Waals surface area contributed by atoms with Gasteiger partial charge in [-0.2, -0.15) is 0 Å². The van der Waals surface area contributed by atoms with Crippen LogP contribution in [0.25, 0.3) is 0 Å². The molecule has 4 rings (SSSR count). The number of pyridine rings is 2. The van der Waals surface area contributed by atoms with Gasteiger partial charge in [0.1, 0.15) is 0 Å². The van der Waals surface area contributed by atoms with E-state index in [0.717, 1.165) is 60.9 Å². The molecule has 2 aromatic heterocycles. The summed E-state index contributed by atoms with van der Waals surface area (Å²) in [6, 6.07) is 8.17. The molecule has 2 aliphatic rings. The molecule has 39 heavy (non-hydrogen) atoms. The van der Waals surface area contributed by atoms with Gasteiger partial charge in [-0.15, -0.1) is 0 Å². The van der Waals surface area contributed by atoms with Crippen molar-refractivity contribution in [3.8, 4) is 0 Å². The number of guanidine groups is 2. The summed E-state index contributed by atoms with van der Waals surface area (Å²) in [6.07, 6.45) is 3.68. The predicted molar refractivity (Wildman–Crippen MR) is 150 cm³/mol. The fourth-order valence-corrected chi connectivity index (χ4v) is 4.03. The van der Waals surface area contributed by atoms with Crippen molar-refractivity contribution in [2.75, 3.05) is 92.4 Å². The number of hydrogen-bond donors (Lipinski definition) is 0. The van der Waals surface area contributed by atoms with E-state index in [4.69, 9.17) is 0 Å². The van der Waals surface area contributed by atoms with E-state index >= 15 is 0 Å². The number of hydrogen-bond acceptors (Lipinski definition) is 6. The van der Waals surface area contributed by atoms with Crippen LogP contribution < -0.4 is 43.8 Å². The molecule has 0 spiro atoms. The first-order chi connectivity index (χ1) is 17.2. The molecule has 0 unspecified atom stereocenters. The quantitative estimate of drug-likeness (QED) is 0.279. The zero-order chi connectivity index (χ0) is 26.2. The Morgan fingerprint density at radius 1 is 0.641 bits per heavy atom. The Morgan fingerprint density at radius 2 is 0.949 bits per heavy atom. The molecular weight excluding hydrogens is 676 g/mol. The van der Waals surface area contributed by atoms with Crippen LogP contribution in [0.5, 0.6) is 0 Å². The van der Waals surface area contributed by atoms with Gasteiger partial charge in [0.25, 0.3) is 0 Å². The van der Waals surface area contributed by atoms with E-state index in [1.807, 2.05) is 52.7 Å². The van der Waals surface area contributed by atoms with Crippen molar-refractivity contribution in [2.45, 2.75) is 13.1 Å². The minimum Gasteiger partial charge on any atom is -1.00 e. The Bertz CT molecular complexity index is 959. The summed E-state index contributed by atoms with van der Waals surface area (Å²) in [5, 5.41) is 0. The van der Waals surface area contributed by atoms with E-state index in [1.165, 1.54) is 0 Å². The van der Waals surface area contributed by atoms with Gasteiger partial charge in [0.15, 0.2) is 11.9 Å². The van der Waals surface area contributed by atoms with Crippen LogP contribution >= 0.6 is 0 Å². The molecule has 2 aliphatic heterocycles. The maximum Gasteiger partial charge on any atom is 2.00 e. The van der Waals surface area contributed by atoms with Gasteiger partial charge < -0.3 is 63.4 Å². The summed E-state index contributed by atoms with van der Waals surface area (Å²) in [4.78, 5) is 30.9. The number of likely N-dealkylation sites (N-methyl/N-ethyl adjacent to an activating group) is 4. The molecule has 13 heteroatoms. The normalized spacial score (nSPS) is 14.1. The molecule has 10 nitrogen and oxygen atoms in total. The minimum atomic E-state index is 0.